The Kier molecular flexibility index (Phi) is 4.60. The summed E-state index contributed by atoms with van der Waals surface area (Å²) < 4.78 is 11.7. The number of carbonyl (C=O) groups is 2. The minimum atomic E-state index is -0.735. The highest BCUT2D eigenvalue weighted by molar-refractivity contribution is 5.98. The molecule has 7 heteroatoms. The highest BCUT2D eigenvalue weighted by Crippen LogP contribution is 2.52. The molecule has 4 unspecified atom stereocenters. The fraction of sp³-hybridized carbons (Fsp3) is 0.435. The molecule has 156 valence electrons. The lowest BCUT2D eigenvalue weighted by molar-refractivity contribution is -0.146. The fourth-order valence-electron chi connectivity index (χ4n) is 5.26. The Morgan fingerprint density at radius 2 is 2.13 bits per heavy atom. The topological polar surface area (TPSA) is 89.6 Å². The van der Waals surface area contributed by atoms with Crippen molar-refractivity contribution in [3.05, 3.63) is 53.9 Å². The van der Waals surface area contributed by atoms with E-state index in [4.69, 9.17) is 9.47 Å². The van der Waals surface area contributed by atoms with Crippen molar-refractivity contribution >= 4 is 11.8 Å². The van der Waals surface area contributed by atoms with Crippen molar-refractivity contribution in [3.63, 3.8) is 0 Å². The van der Waals surface area contributed by atoms with E-state index in [1.54, 1.807) is 37.7 Å². The first-order valence-corrected chi connectivity index (χ1v) is 10.4. The van der Waals surface area contributed by atoms with Crippen molar-refractivity contribution in [2.75, 3.05) is 7.11 Å². The molecule has 3 fully saturated rings. The van der Waals surface area contributed by atoms with Crippen LogP contribution < -0.4 is 20.1 Å². The van der Waals surface area contributed by atoms with Crippen molar-refractivity contribution in [2.45, 2.75) is 38.0 Å². The predicted octanol–water partition coefficient (Wildman–Crippen LogP) is 2.66. The Bertz CT molecular complexity index is 980. The van der Waals surface area contributed by atoms with Gasteiger partial charge in [0, 0.05) is 43.3 Å². The molecule has 3 saturated carbocycles. The lowest BCUT2D eigenvalue weighted by Crippen LogP contribution is -2.66. The summed E-state index contributed by atoms with van der Waals surface area (Å²) in [7, 11) is 1.60. The summed E-state index contributed by atoms with van der Waals surface area (Å²) in [6, 6.07) is 9.07. The van der Waals surface area contributed by atoms with Gasteiger partial charge in [0.05, 0.1) is 12.7 Å². The van der Waals surface area contributed by atoms with Crippen LogP contribution in [0.5, 0.6) is 11.5 Å². The fourth-order valence-corrected chi connectivity index (χ4v) is 5.26. The average Bonchev–Trinajstić information content (AvgIpc) is 2.78. The van der Waals surface area contributed by atoms with Crippen molar-refractivity contribution in [3.8, 4) is 11.5 Å². The van der Waals surface area contributed by atoms with E-state index in [9.17, 15) is 9.59 Å². The third-order valence-corrected chi connectivity index (χ3v) is 6.82. The number of benzene rings is 1. The summed E-state index contributed by atoms with van der Waals surface area (Å²) in [5.41, 5.74) is 0.820. The zero-order valence-electron chi connectivity index (χ0n) is 16.9. The maximum Gasteiger partial charge on any atom is 0.258 e. The van der Waals surface area contributed by atoms with Crippen LogP contribution in [0.3, 0.4) is 0 Å². The SMILES string of the molecule is COc1ccc2c(c1)OC1(CC3CCC1CC3C(=O)NCc1ccncc1)NC2=O. The Morgan fingerprint density at radius 3 is 2.87 bits per heavy atom. The Morgan fingerprint density at radius 1 is 1.30 bits per heavy atom. The number of hydrogen-bond acceptors (Lipinski definition) is 5. The molecular weight excluding hydrogens is 382 g/mol. The maximum atomic E-state index is 12.9. The molecule has 3 aliphatic carbocycles. The molecule has 2 heterocycles. The molecule has 0 saturated heterocycles. The number of ether oxygens (including phenoxy) is 2. The van der Waals surface area contributed by atoms with Gasteiger partial charge >= 0.3 is 0 Å². The van der Waals surface area contributed by atoms with Gasteiger partial charge < -0.3 is 20.1 Å². The number of hydrogen-bond donors (Lipinski definition) is 2. The van der Waals surface area contributed by atoms with Crippen LogP contribution in [0, 0.1) is 17.8 Å². The van der Waals surface area contributed by atoms with Crippen LogP contribution in [-0.2, 0) is 11.3 Å². The number of fused-ring (bicyclic) bond motifs is 3. The molecule has 2 aromatic rings. The molecule has 1 aromatic carbocycles. The van der Waals surface area contributed by atoms with E-state index in [1.165, 1.54) is 0 Å². The van der Waals surface area contributed by atoms with Crippen LogP contribution in [0.25, 0.3) is 0 Å². The van der Waals surface area contributed by atoms with E-state index in [0.29, 0.717) is 36.4 Å². The third-order valence-electron chi connectivity index (χ3n) is 6.82. The van der Waals surface area contributed by atoms with Crippen molar-refractivity contribution in [2.24, 2.45) is 17.8 Å². The van der Waals surface area contributed by atoms with Gasteiger partial charge in [-0.2, -0.15) is 0 Å². The van der Waals surface area contributed by atoms with Gasteiger partial charge in [-0.1, -0.05) is 0 Å². The summed E-state index contributed by atoms with van der Waals surface area (Å²) in [5, 5.41) is 6.21. The van der Waals surface area contributed by atoms with Gasteiger partial charge in [-0.25, -0.2) is 0 Å². The standard InChI is InChI=1S/C23H25N3O4/c1-29-17-4-5-18-20(11-17)30-23(26-22(18)28)12-15-2-3-16(23)10-19(15)21(27)25-13-14-6-8-24-9-7-14/h4-9,11,15-16,19H,2-3,10,12-13H2,1H3,(H,25,27)(H,26,28). The third kappa shape index (κ3) is 3.18. The van der Waals surface area contributed by atoms with Crippen LogP contribution in [0.2, 0.25) is 0 Å². The number of rotatable bonds is 4. The van der Waals surface area contributed by atoms with Crippen LogP contribution >= 0.6 is 0 Å². The van der Waals surface area contributed by atoms with Crippen LogP contribution in [-0.4, -0.2) is 29.6 Å². The normalized spacial score (nSPS) is 29.0. The summed E-state index contributed by atoms with van der Waals surface area (Å²) >= 11 is 0. The number of amides is 2. The molecular formula is C23H25N3O4. The molecule has 4 atom stereocenters. The summed E-state index contributed by atoms with van der Waals surface area (Å²) in [5.74, 6) is 1.41. The van der Waals surface area contributed by atoms with Crippen molar-refractivity contribution in [1.29, 1.82) is 0 Å². The molecule has 7 nitrogen and oxygen atoms in total. The molecule has 1 spiro atoms. The van der Waals surface area contributed by atoms with Crippen LogP contribution in [0.1, 0.15) is 41.6 Å². The molecule has 2 N–H and O–H groups in total. The highest BCUT2D eigenvalue weighted by atomic mass is 16.5. The zero-order valence-corrected chi connectivity index (χ0v) is 16.9. The van der Waals surface area contributed by atoms with Gasteiger partial charge in [-0.3, -0.25) is 14.6 Å². The first-order chi connectivity index (χ1) is 14.6. The highest BCUT2D eigenvalue weighted by Gasteiger charge is 2.57. The molecule has 0 radical (unpaired) electrons. The Hall–Kier alpha value is -3.09. The largest absolute Gasteiger partial charge is 0.497 e. The minimum Gasteiger partial charge on any atom is -0.497 e. The lowest BCUT2D eigenvalue weighted by Gasteiger charge is -2.55. The molecule has 1 aromatic heterocycles. The molecule has 6 rings (SSSR count). The van der Waals surface area contributed by atoms with Crippen LogP contribution in [0.15, 0.2) is 42.7 Å². The Balaban J connectivity index is 1.31. The number of pyridine rings is 1. The van der Waals surface area contributed by atoms with Crippen LogP contribution in [0.4, 0.5) is 0 Å². The average molecular weight is 407 g/mol. The van der Waals surface area contributed by atoms with Gasteiger partial charge in [0.25, 0.3) is 5.91 Å². The van der Waals surface area contributed by atoms with E-state index in [2.05, 4.69) is 15.6 Å². The predicted molar refractivity (Wildman–Crippen MR) is 109 cm³/mol. The quantitative estimate of drug-likeness (QED) is 0.813. The Labute approximate surface area is 175 Å². The molecule has 4 aliphatic rings. The number of aromatic nitrogens is 1. The smallest absolute Gasteiger partial charge is 0.258 e. The van der Waals surface area contributed by atoms with Gasteiger partial charge in [0.1, 0.15) is 11.5 Å². The van der Waals surface area contributed by atoms with E-state index in [-0.39, 0.29) is 29.6 Å². The summed E-state index contributed by atoms with van der Waals surface area (Å²) in [6.45, 7) is 0.501. The number of nitrogens with one attached hydrogen (secondary N) is 2. The maximum absolute atomic E-state index is 12.9. The zero-order chi connectivity index (χ0) is 20.7. The second-order valence-electron chi connectivity index (χ2n) is 8.46. The molecule has 30 heavy (non-hydrogen) atoms. The monoisotopic (exact) mass is 407 g/mol. The number of methoxy groups -OCH3 is 1. The first kappa shape index (κ1) is 18.9. The lowest BCUT2D eigenvalue weighted by atomic mass is 9.60. The summed E-state index contributed by atoms with van der Waals surface area (Å²) in [4.78, 5) is 29.7. The molecule has 2 bridgehead atoms. The number of carbonyl (C=O) groups excluding carboxylic acids is 2. The molecule has 1 aliphatic heterocycles. The summed E-state index contributed by atoms with van der Waals surface area (Å²) in [6.07, 6.45) is 6.73. The number of nitrogens with zero attached hydrogens (tertiary/aromatic N) is 1. The van der Waals surface area contributed by atoms with E-state index in [1.807, 2.05) is 12.1 Å². The minimum absolute atomic E-state index is 0.0524. The van der Waals surface area contributed by atoms with Gasteiger partial charge in [0.2, 0.25) is 5.91 Å². The second-order valence-corrected chi connectivity index (χ2v) is 8.46. The van der Waals surface area contributed by atoms with E-state index < -0.39 is 5.72 Å². The van der Waals surface area contributed by atoms with Crippen molar-refractivity contribution in [1.82, 2.24) is 15.6 Å². The van der Waals surface area contributed by atoms with Crippen molar-refractivity contribution < 1.29 is 19.1 Å². The van der Waals surface area contributed by atoms with E-state index in [0.717, 1.165) is 18.4 Å². The second kappa shape index (κ2) is 7.31. The first-order valence-electron chi connectivity index (χ1n) is 10.4. The van der Waals surface area contributed by atoms with Gasteiger partial charge in [-0.15, -0.1) is 0 Å². The molecule has 2 amide bonds. The van der Waals surface area contributed by atoms with Gasteiger partial charge in [0.15, 0.2) is 5.72 Å². The van der Waals surface area contributed by atoms with Gasteiger partial charge in [-0.05, 0) is 55.0 Å². The van der Waals surface area contributed by atoms with E-state index >= 15 is 0 Å².